The molecule has 0 aromatic heterocycles. The summed E-state index contributed by atoms with van der Waals surface area (Å²) in [4.78, 5) is 0. The predicted molar refractivity (Wildman–Crippen MR) is 88.2 cm³/mol. The van der Waals surface area contributed by atoms with Crippen LogP contribution in [-0.4, -0.2) is 5.92 Å². The maximum Gasteiger partial charge on any atom is 0.251 e. The highest BCUT2D eigenvalue weighted by Crippen LogP contribution is 2.64. The van der Waals surface area contributed by atoms with Crippen LogP contribution in [0.2, 0.25) is 0 Å². The Hall–Kier alpha value is -0.140. The van der Waals surface area contributed by atoms with Gasteiger partial charge in [0.25, 0.3) is 5.92 Å². The van der Waals surface area contributed by atoms with Crippen LogP contribution in [-0.2, 0) is 0 Å². The van der Waals surface area contributed by atoms with Crippen LogP contribution in [0.25, 0.3) is 0 Å². The molecule has 0 aromatic carbocycles. The molecule has 4 fully saturated rings. The van der Waals surface area contributed by atoms with Crippen LogP contribution in [0.4, 0.5) is 8.78 Å². The minimum atomic E-state index is -2.40. The summed E-state index contributed by atoms with van der Waals surface area (Å²) in [6.45, 7) is 4.21. The maximum atomic E-state index is 14.4. The summed E-state index contributed by atoms with van der Waals surface area (Å²) in [6, 6.07) is 0. The molecule has 4 saturated carbocycles. The largest absolute Gasteiger partial charge is 0.251 e. The van der Waals surface area contributed by atoms with E-state index in [0.717, 1.165) is 12.8 Å². The SMILES string of the molecule is CCCCC12CCC([C@H]3CC[C@H](CC)C(F)(F)C3)(CC1)CC2. The molecule has 2 atom stereocenters. The Morgan fingerprint density at radius 3 is 2.05 bits per heavy atom. The van der Waals surface area contributed by atoms with Gasteiger partial charge in [-0.3, -0.25) is 0 Å². The molecule has 0 nitrogen and oxygen atoms in total. The van der Waals surface area contributed by atoms with Gasteiger partial charge in [0.05, 0.1) is 0 Å². The van der Waals surface area contributed by atoms with E-state index >= 15 is 0 Å². The highest BCUT2D eigenvalue weighted by Gasteiger charge is 2.55. The van der Waals surface area contributed by atoms with E-state index < -0.39 is 5.92 Å². The van der Waals surface area contributed by atoms with Crippen molar-refractivity contribution >= 4 is 0 Å². The van der Waals surface area contributed by atoms with Gasteiger partial charge in [-0.2, -0.15) is 0 Å². The van der Waals surface area contributed by atoms with Gasteiger partial charge in [-0.25, -0.2) is 8.78 Å². The van der Waals surface area contributed by atoms with Gasteiger partial charge in [0.2, 0.25) is 0 Å². The number of fused-ring (bicyclic) bond motifs is 3. The molecule has 0 saturated heterocycles. The Morgan fingerprint density at radius 2 is 1.55 bits per heavy atom. The minimum absolute atomic E-state index is 0.188. The van der Waals surface area contributed by atoms with E-state index in [4.69, 9.17) is 0 Å². The van der Waals surface area contributed by atoms with Crippen LogP contribution >= 0.6 is 0 Å². The molecule has 0 N–H and O–H groups in total. The Morgan fingerprint density at radius 1 is 0.909 bits per heavy atom. The zero-order chi connectivity index (χ0) is 15.8. The van der Waals surface area contributed by atoms with E-state index in [1.807, 2.05) is 6.92 Å². The first-order valence-electron chi connectivity index (χ1n) is 9.83. The van der Waals surface area contributed by atoms with Crippen LogP contribution in [0.1, 0.15) is 97.3 Å². The highest BCUT2D eigenvalue weighted by molar-refractivity contribution is 5.04. The fraction of sp³-hybridized carbons (Fsp3) is 1.00. The van der Waals surface area contributed by atoms with Crippen LogP contribution in [0, 0.1) is 22.7 Å². The minimum Gasteiger partial charge on any atom is -0.207 e. The van der Waals surface area contributed by atoms with Gasteiger partial charge in [-0.15, -0.1) is 0 Å². The fourth-order valence-corrected chi connectivity index (χ4v) is 6.07. The number of halogens is 2. The van der Waals surface area contributed by atoms with Crippen molar-refractivity contribution in [3.63, 3.8) is 0 Å². The van der Waals surface area contributed by atoms with E-state index in [1.54, 1.807) is 0 Å². The monoisotopic (exact) mass is 312 g/mol. The summed E-state index contributed by atoms with van der Waals surface area (Å²) in [5.41, 5.74) is 0.886. The molecule has 0 spiro atoms. The molecule has 2 heteroatoms. The van der Waals surface area contributed by atoms with Crippen molar-refractivity contribution in [3.8, 4) is 0 Å². The lowest BCUT2D eigenvalue weighted by molar-refractivity contribution is -0.146. The number of unbranched alkanes of at least 4 members (excludes halogenated alkanes) is 1. The lowest BCUT2D eigenvalue weighted by atomic mass is 9.47. The molecule has 128 valence electrons. The van der Waals surface area contributed by atoms with Crippen LogP contribution < -0.4 is 0 Å². The van der Waals surface area contributed by atoms with Crippen molar-refractivity contribution in [2.24, 2.45) is 22.7 Å². The summed E-state index contributed by atoms with van der Waals surface area (Å²) >= 11 is 0. The molecule has 4 aliphatic carbocycles. The fourth-order valence-electron chi connectivity index (χ4n) is 6.07. The average Bonchev–Trinajstić information content (AvgIpc) is 2.54. The first kappa shape index (κ1) is 16.7. The van der Waals surface area contributed by atoms with E-state index in [1.165, 1.54) is 57.8 Å². The van der Waals surface area contributed by atoms with Gasteiger partial charge in [-0.1, -0.05) is 26.7 Å². The van der Waals surface area contributed by atoms with Crippen molar-refractivity contribution in [1.29, 1.82) is 0 Å². The zero-order valence-corrected chi connectivity index (χ0v) is 14.6. The highest BCUT2D eigenvalue weighted by atomic mass is 19.3. The summed E-state index contributed by atoms with van der Waals surface area (Å²) in [6.07, 6.45) is 14.4. The second kappa shape index (κ2) is 6.06. The lowest BCUT2D eigenvalue weighted by Crippen LogP contribution is -2.49. The quantitative estimate of drug-likeness (QED) is 0.513. The van der Waals surface area contributed by atoms with Crippen molar-refractivity contribution < 1.29 is 8.78 Å². The van der Waals surface area contributed by atoms with Crippen LogP contribution in [0.5, 0.6) is 0 Å². The van der Waals surface area contributed by atoms with Gasteiger partial charge in [0.15, 0.2) is 0 Å². The second-order valence-electron chi connectivity index (χ2n) is 8.81. The first-order chi connectivity index (χ1) is 10.5. The summed E-state index contributed by atoms with van der Waals surface area (Å²) in [5, 5.41) is 0. The van der Waals surface area contributed by atoms with Crippen molar-refractivity contribution in [3.05, 3.63) is 0 Å². The van der Waals surface area contributed by atoms with E-state index in [0.29, 0.717) is 17.8 Å². The summed E-state index contributed by atoms with van der Waals surface area (Å²) in [7, 11) is 0. The van der Waals surface area contributed by atoms with Crippen molar-refractivity contribution in [2.45, 2.75) is 103 Å². The number of hydrogen-bond acceptors (Lipinski definition) is 0. The zero-order valence-electron chi connectivity index (χ0n) is 14.6. The molecule has 0 amide bonds. The van der Waals surface area contributed by atoms with E-state index in [2.05, 4.69) is 6.92 Å². The van der Waals surface area contributed by atoms with Crippen LogP contribution in [0.15, 0.2) is 0 Å². The molecule has 0 radical (unpaired) electrons. The average molecular weight is 312 g/mol. The van der Waals surface area contributed by atoms with Gasteiger partial charge in [0, 0.05) is 12.3 Å². The van der Waals surface area contributed by atoms with Crippen molar-refractivity contribution in [2.75, 3.05) is 0 Å². The third-order valence-electron chi connectivity index (χ3n) is 7.86. The summed E-state index contributed by atoms with van der Waals surface area (Å²) < 4.78 is 28.9. The van der Waals surface area contributed by atoms with Gasteiger partial charge < -0.3 is 0 Å². The molecule has 22 heavy (non-hydrogen) atoms. The maximum absolute atomic E-state index is 14.4. The molecule has 2 bridgehead atoms. The second-order valence-corrected chi connectivity index (χ2v) is 8.81. The summed E-state index contributed by atoms with van der Waals surface area (Å²) in [5.74, 6) is -2.45. The van der Waals surface area contributed by atoms with Gasteiger partial charge in [0.1, 0.15) is 0 Å². The molecule has 0 heterocycles. The molecular formula is C20H34F2. The number of hydrogen-bond donors (Lipinski definition) is 0. The first-order valence-corrected chi connectivity index (χ1v) is 9.83. The molecule has 0 unspecified atom stereocenters. The molecular weight excluding hydrogens is 278 g/mol. The third-order valence-corrected chi connectivity index (χ3v) is 7.86. The third kappa shape index (κ3) is 2.84. The molecule has 4 rings (SSSR count). The predicted octanol–water partition coefficient (Wildman–Crippen LogP) is 6.98. The van der Waals surface area contributed by atoms with Crippen molar-refractivity contribution in [1.82, 2.24) is 0 Å². The number of alkyl halides is 2. The Bertz CT molecular complexity index is 363. The topological polar surface area (TPSA) is 0 Å². The molecule has 0 aromatic rings. The standard InChI is InChI=1S/C20H34F2/c1-3-5-8-18-9-12-19(13-10-18,14-11-18)17-7-6-16(4-2)20(21,22)15-17/h16-17H,3-15H2,1-2H3/t16-,17-,18?,19?/m0/s1. The van der Waals surface area contributed by atoms with Gasteiger partial charge in [-0.05, 0) is 81.0 Å². The van der Waals surface area contributed by atoms with Crippen LogP contribution in [0.3, 0.4) is 0 Å². The molecule has 0 aliphatic heterocycles. The van der Waals surface area contributed by atoms with E-state index in [-0.39, 0.29) is 17.8 Å². The molecule has 4 aliphatic rings. The Kier molecular flexibility index (Phi) is 4.60. The smallest absolute Gasteiger partial charge is 0.207 e. The Balaban J connectivity index is 1.65. The van der Waals surface area contributed by atoms with E-state index in [9.17, 15) is 8.78 Å². The lowest BCUT2D eigenvalue weighted by Gasteiger charge is -2.58. The normalized spacial score (nSPS) is 44.2. The Labute approximate surface area is 135 Å². The van der Waals surface area contributed by atoms with Gasteiger partial charge >= 0.3 is 0 Å². The number of rotatable bonds is 5.